The number of amides is 1. The fraction of sp³-hybridized carbons (Fsp3) is 0.278. The van der Waals surface area contributed by atoms with Gasteiger partial charge in [-0.25, -0.2) is 21.6 Å². The van der Waals surface area contributed by atoms with E-state index in [-0.39, 0.29) is 23.7 Å². The lowest BCUT2D eigenvalue weighted by Crippen LogP contribution is -2.43. The van der Waals surface area contributed by atoms with Crippen molar-refractivity contribution in [2.24, 2.45) is 5.92 Å². The molecule has 27 heavy (non-hydrogen) atoms. The van der Waals surface area contributed by atoms with Crippen LogP contribution in [0.25, 0.3) is 0 Å². The van der Waals surface area contributed by atoms with Crippen LogP contribution >= 0.6 is 0 Å². The van der Waals surface area contributed by atoms with Crippen LogP contribution in [0.4, 0.5) is 18.9 Å². The molecule has 0 spiro atoms. The highest BCUT2D eigenvalue weighted by Gasteiger charge is 2.33. The van der Waals surface area contributed by atoms with Gasteiger partial charge in [-0.05, 0) is 49.2 Å². The van der Waals surface area contributed by atoms with E-state index in [1.807, 2.05) is 0 Å². The number of benzene rings is 2. The molecule has 0 saturated carbocycles. The average molecular weight is 398 g/mol. The average Bonchev–Trinajstić information content (AvgIpc) is 2.65. The topological polar surface area (TPSA) is 66.5 Å². The van der Waals surface area contributed by atoms with Crippen LogP contribution in [0.2, 0.25) is 0 Å². The number of hydrogen-bond donors (Lipinski definition) is 1. The van der Waals surface area contributed by atoms with Crippen molar-refractivity contribution in [3.63, 3.8) is 0 Å². The number of hydrogen-bond acceptors (Lipinski definition) is 3. The van der Waals surface area contributed by atoms with E-state index in [1.54, 1.807) is 0 Å². The van der Waals surface area contributed by atoms with E-state index < -0.39 is 39.3 Å². The Morgan fingerprint density at radius 1 is 1.04 bits per heavy atom. The normalized spacial score (nSPS) is 18.3. The van der Waals surface area contributed by atoms with E-state index in [2.05, 4.69) is 5.32 Å². The molecule has 9 heteroatoms. The van der Waals surface area contributed by atoms with E-state index in [0.29, 0.717) is 12.8 Å². The van der Waals surface area contributed by atoms with E-state index >= 15 is 0 Å². The Kier molecular flexibility index (Phi) is 5.52. The van der Waals surface area contributed by atoms with Gasteiger partial charge in [0.15, 0.2) is 11.6 Å². The van der Waals surface area contributed by atoms with E-state index in [0.717, 1.165) is 24.3 Å². The number of carbonyl (C=O) groups excluding carboxylic acids is 1. The summed E-state index contributed by atoms with van der Waals surface area (Å²) in [6, 6.07) is 7.46. The zero-order chi connectivity index (χ0) is 19.6. The third-order valence-electron chi connectivity index (χ3n) is 4.39. The summed E-state index contributed by atoms with van der Waals surface area (Å²) < 4.78 is 65.8. The Morgan fingerprint density at radius 2 is 1.74 bits per heavy atom. The highest BCUT2D eigenvalue weighted by Crippen LogP contribution is 2.25. The number of anilines is 1. The Balaban J connectivity index is 1.72. The van der Waals surface area contributed by atoms with E-state index in [4.69, 9.17) is 0 Å². The second kappa shape index (κ2) is 7.69. The second-order valence-electron chi connectivity index (χ2n) is 6.27. The van der Waals surface area contributed by atoms with Gasteiger partial charge in [0.25, 0.3) is 0 Å². The van der Waals surface area contributed by atoms with Gasteiger partial charge in [0.05, 0.1) is 10.8 Å². The number of nitrogens with one attached hydrogen (secondary N) is 1. The maximum atomic E-state index is 13.3. The van der Waals surface area contributed by atoms with E-state index in [1.165, 1.54) is 22.5 Å². The second-order valence-corrected chi connectivity index (χ2v) is 8.21. The summed E-state index contributed by atoms with van der Waals surface area (Å²) in [7, 11) is -3.85. The molecule has 2 aromatic carbocycles. The first-order valence-corrected chi connectivity index (χ1v) is 9.73. The van der Waals surface area contributed by atoms with Crippen molar-refractivity contribution in [3.05, 3.63) is 59.9 Å². The van der Waals surface area contributed by atoms with Gasteiger partial charge >= 0.3 is 0 Å². The van der Waals surface area contributed by atoms with Crippen LogP contribution in [-0.2, 0) is 14.8 Å². The SMILES string of the molecule is O=C(Nc1ccc(F)c(F)c1)[C@H]1CCCN(S(=O)(=O)c2ccc(F)cc2)C1. The summed E-state index contributed by atoms with van der Waals surface area (Å²) in [4.78, 5) is 12.4. The summed E-state index contributed by atoms with van der Waals surface area (Å²) >= 11 is 0. The minimum Gasteiger partial charge on any atom is -0.326 e. The number of halogens is 3. The van der Waals surface area contributed by atoms with Gasteiger partial charge in [-0.3, -0.25) is 4.79 Å². The number of piperidine rings is 1. The van der Waals surface area contributed by atoms with Gasteiger partial charge in [0.2, 0.25) is 15.9 Å². The quantitative estimate of drug-likeness (QED) is 0.861. The highest BCUT2D eigenvalue weighted by molar-refractivity contribution is 7.89. The Hall–Kier alpha value is -2.39. The van der Waals surface area contributed by atoms with Crippen LogP contribution in [0.15, 0.2) is 47.4 Å². The van der Waals surface area contributed by atoms with Crippen molar-refractivity contribution in [1.29, 1.82) is 0 Å². The third kappa shape index (κ3) is 4.30. The van der Waals surface area contributed by atoms with Gasteiger partial charge in [-0.15, -0.1) is 0 Å². The molecule has 1 aliphatic rings. The van der Waals surface area contributed by atoms with Crippen molar-refractivity contribution in [2.75, 3.05) is 18.4 Å². The number of nitrogens with zero attached hydrogens (tertiary/aromatic N) is 1. The van der Waals surface area contributed by atoms with Crippen LogP contribution < -0.4 is 5.32 Å². The molecule has 1 amide bonds. The molecule has 0 aromatic heterocycles. The zero-order valence-corrected chi connectivity index (χ0v) is 15.0. The lowest BCUT2D eigenvalue weighted by Gasteiger charge is -2.31. The van der Waals surface area contributed by atoms with Crippen molar-refractivity contribution >= 4 is 21.6 Å². The molecule has 0 aliphatic carbocycles. The minimum absolute atomic E-state index is 0.0464. The first-order chi connectivity index (χ1) is 12.8. The maximum Gasteiger partial charge on any atom is 0.243 e. The Bertz CT molecular complexity index is 949. The standard InChI is InChI=1S/C18H17F3N2O3S/c19-13-3-6-15(7-4-13)27(25,26)23-9-1-2-12(11-23)18(24)22-14-5-8-16(20)17(21)10-14/h3-8,10,12H,1-2,9,11H2,(H,22,24)/t12-/m0/s1. The van der Waals surface area contributed by atoms with E-state index in [9.17, 15) is 26.4 Å². The molecule has 0 bridgehead atoms. The molecule has 1 fully saturated rings. The lowest BCUT2D eigenvalue weighted by atomic mass is 9.98. The fourth-order valence-corrected chi connectivity index (χ4v) is 4.47. The van der Waals surface area contributed by atoms with Crippen molar-refractivity contribution in [3.8, 4) is 0 Å². The Morgan fingerprint density at radius 3 is 2.41 bits per heavy atom. The summed E-state index contributed by atoms with van der Waals surface area (Å²) in [5.74, 6) is -3.77. The summed E-state index contributed by atoms with van der Waals surface area (Å²) in [5, 5.41) is 2.48. The van der Waals surface area contributed by atoms with Gasteiger partial charge in [-0.2, -0.15) is 4.31 Å². The van der Waals surface area contributed by atoms with Crippen LogP contribution in [0.1, 0.15) is 12.8 Å². The van der Waals surface area contributed by atoms with Crippen molar-refractivity contribution < 1.29 is 26.4 Å². The summed E-state index contributed by atoms with van der Waals surface area (Å²) in [5.41, 5.74) is 0.0948. The predicted octanol–water partition coefficient (Wildman–Crippen LogP) is 3.14. The van der Waals surface area contributed by atoms with Crippen molar-refractivity contribution in [2.45, 2.75) is 17.7 Å². The van der Waals surface area contributed by atoms with Gasteiger partial charge in [0.1, 0.15) is 5.82 Å². The van der Waals surface area contributed by atoms with Gasteiger partial charge in [-0.1, -0.05) is 0 Å². The molecule has 1 heterocycles. The molecular weight excluding hydrogens is 381 g/mol. The van der Waals surface area contributed by atoms with Crippen LogP contribution in [0.5, 0.6) is 0 Å². The first-order valence-electron chi connectivity index (χ1n) is 8.29. The maximum absolute atomic E-state index is 13.3. The molecular formula is C18H17F3N2O3S. The van der Waals surface area contributed by atoms with Gasteiger partial charge in [0, 0.05) is 24.8 Å². The van der Waals surface area contributed by atoms with Gasteiger partial charge < -0.3 is 5.32 Å². The number of sulfonamides is 1. The molecule has 5 nitrogen and oxygen atoms in total. The molecule has 3 rings (SSSR count). The molecule has 1 atom stereocenters. The highest BCUT2D eigenvalue weighted by atomic mass is 32.2. The molecule has 0 unspecified atom stereocenters. The summed E-state index contributed by atoms with van der Waals surface area (Å²) in [6.07, 6.45) is 0.932. The molecule has 144 valence electrons. The monoisotopic (exact) mass is 398 g/mol. The van der Waals surface area contributed by atoms with Crippen LogP contribution in [0, 0.1) is 23.4 Å². The van der Waals surface area contributed by atoms with Crippen LogP contribution in [0.3, 0.4) is 0 Å². The first kappa shape index (κ1) is 19.4. The molecule has 1 aliphatic heterocycles. The Labute approximate surface area is 154 Å². The lowest BCUT2D eigenvalue weighted by molar-refractivity contribution is -0.120. The predicted molar refractivity (Wildman–Crippen MR) is 92.9 cm³/mol. The largest absolute Gasteiger partial charge is 0.326 e. The minimum atomic E-state index is -3.85. The number of carbonyl (C=O) groups is 1. The fourth-order valence-electron chi connectivity index (χ4n) is 2.95. The summed E-state index contributed by atoms with van der Waals surface area (Å²) in [6.45, 7) is 0.198. The molecule has 1 saturated heterocycles. The zero-order valence-electron chi connectivity index (χ0n) is 14.2. The molecule has 0 radical (unpaired) electrons. The van der Waals surface area contributed by atoms with Crippen molar-refractivity contribution in [1.82, 2.24) is 4.31 Å². The molecule has 2 aromatic rings. The molecule has 1 N–H and O–H groups in total. The number of rotatable bonds is 4. The smallest absolute Gasteiger partial charge is 0.243 e. The third-order valence-corrected chi connectivity index (χ3v) is 6.27. The van der Waals surface area contributed by atoms with Crippen LogP contribution in [-0.4, -0.2) is 31.7 Å².